The van der Waals surface area contributed by atoms with Crippen molar-refractivity contribution in [1.29, 1.82) is 0 Å². The van der Waals surface area contributed by atoms with Crippen molar-refractivity contribution in [2.24, 2.45) is 0 Å². The molecule has 0 spiro atoms. The van der Waals surface area contributed by atoms with E-state index in [0.29, 0.717) is 23.5 Å². The van der Waals surface area contributed by atoms with Crippen LogP contribution in [0.15, 0.2) is 84.9 Å². The molecule has 0 unspecified atom stereocenters. The second-order valence-corrected chi connectivity index (χ2v) is 6.31. The number of methoxy groups -OCH3 is 1. The standard InChI is InChI=1S/C24H22N2O3/c1-29-22-10-6-5-9-19(22)13-16-23(27)26-21-14-11-20(12-15-21)24(28)25-17-18-7-3-2-4-8-18/h2-16H,17H2,1H3,(H,25,28)(H,26,27)/b16-13+. The molecule has 5 heteroatoms. The molecule has 0 atom stereocenters. The largest absolute Gasteiger partial charge is 0.496 e. The van der Waals surface area contributed by atoms with E-state index >= 15 is 0 Å². The zero-order chi connectivity index (χ0) is 20.5. The molecular formula is C24H22N2O3. The Morgan fingerprint density at radius 3 is 2.31 bits per heavy atom. The third-order valence-corrected chi connectivity index (χ3v) is 4.26. The average molecular weight is 386 g/mol. The Labute approximate surface area is 170 Å². The van der Waals surface area contributed by atoms with Crippen LogP contribution in [0, 0.1) is 0 Å². The summed E-state index contributed by atoms with van der Waals surface area (Å²) in [4.78, 5) is 24.4. The Kier molecular flexibility index (Phi) is 6.79. The highest BCUT2D eigenvalue weighted by atomic mass is 16.5. The molecule has 0 aliphatic rings. The molecule has 2 amide bonds. The lowest BCUT2D eigenvalue weighted by atomic mass is 10.1. The topological polar surface area (TPSA) is 67.4 Å². The minimum Gasteiger partial charge on any atom is -0.496 e. The van der Waals surface area contributed by atoms with Gasteiger partial charge in [-0.1, -0.05) is 48.5 Å². The van der Waals surface area contributed by atoms with Gasteiger partial charge in [-0.25, -0.2) is 0 Å². The maximum atomic E-state index is 12.2. The predicted octanol–water partition coefficient (Wildman–Crippen LogP) is 4.28. The van der Waals surface area contributed by atoms with Crippen LogP contribution in [0.2, 0.25) is 0 Å². The van der Waals surface area contributed by atoms with E-state index in [1.165, 1.54) is 6.08 Å². The average Bonchev–Trinajstić information content (AvgIpc) is 2.77. The van der Waals surface area contributed by atoms with Gasteiger partial charge >= 0.3 is 0 Å². The summed E-state index contributed by atoms with van der Waals surface area (Å²) < 4.78 is 5.26. The van der Waals surface area contributed by atoms with Crippen LogP contribution in [0.5, 0.6) is 5.75 Å². The number of carbonyl (C=O) groups excluding carboxylic acids is 2. The predicted molar refractivity (Wildman–Crippen MR) is 115 cm³/mol. The van der Waals surface area contributed by atoms with Crippen molar-refractivity contribution in [3.8, 4) is 5.75 Å². The van der Waals surface area contributed by atoms with E-state index in [1.54, 1.807) is 37.5 Å². The first kappa shape index (κ1) is 19.9. The van der Waals surface area contributed by atoms with E-state index in [-0.39, 0.29) is 11.8 Å². The van der Waals surface area contributed by atoms with Crippen LogP contribution in [0.4, 0.5) is 5.69 Å². The molecule has 0 fully saturated rings. The number of amides is 2. The number of rotatable bonds is 7. The van der Waals surface area contributed by atoms with E-state index in [1.807, 2.05) is 54.6 Å². The van der Waals surface area contributed by atoms with Crippen LogP contribution in [0.25, 0.3) is 6.08 Å². The third-order valence-electron chi connectivity index (χ3n) is 4.26. The summed E-state index contributed by atoms with van der Waals surface area (Å²) in [6.07, 6.45) is 3.14. The number of anilines is 1. The van der Waals surface area contributed by atoms with Gasteiger partial charge in [-0.3, -0.25) is 9.59 Å². The minimum atomic E-state index is -0.266. The highest BCUT2D eigenvalue weighted by Crippen LogP contribution is 2.18. The molecule has 0 saturated carbocycles. The fraction of sp³-hybridized carbons (Fsp3) is 0.0833. The quantitative estimate of drug-likeness (QED) is 0.596. The first-order valence-electron chi connectivity index (χ1n) is 9.20. The van der Waals surface area contributed by atoms with Gasteiger partial charge in [0.15, 0.2) is 0 Å². The Hall–Kier alpha value is -3.86. The number of hydrogen-bond acceptors (Lipinski definition) is 3. The van der Waals surface area contributed by atoms with Crippen molar-refractivity contribution in [3.05, 3.63) is 102 Å². The molecule has 3 aromatic carbocycles. The molecule has 3 aromatic rings. The van der Waals surface area contributed by atoms with E-state index in [0.717, 1.165) is 11.1 Å². The number of ether oxygens (including phenoxy) is 1. The van der Waals surface area contributed by atoms with Gasteiger partial charge in [-0.15, -0.1) is 0 Å². The Bertz CT molecular complexity index is 996. The summed E-state index contributed by atoms with van der Waals surface area (Å²) >= 11 is 0. The second-order valence-electron chi connectivity index (χ2n) is 6.31. The van der Waals surface area contributed by atoms with E-state index in [2.05, 4.69) is 10.6 Å². The van der Waals surface area contributed by atoms with Gasteiger partial charge in [0.2, 0.25) is 5.91 Å². The zero-order valence-electron chi connectivity index (χ0n) is 16.1. The lowest BCUT2D eigenvalue weighted by Gasteiger charge is -2.07. The normalized spacial score (nSPS) is 10.5. The lowest BCUT2D eigenvalue weighted by molar-refractivity contribution is -0.111. The first-order chi connectivity index (χ1) is 14.2. The Morgan fingerprint density at radius 2 is 1.59 bits per heavy atom. The van der Waals surface area contributed by atoms with Crippen LogP contribution in [0.3, 0.4) is 0 Å². The van der Waals surface area contributed by atoms with Crippen LogP contribution < -0.4 is 15.4 Å². The van der Waals surface area contributed by atoms with Crippen LogP contribution >= 0.6 is 0 Å². The summed E-state index contributed by atoms with van der Waals surface area (Å²) in [7, 11) is 1.59. The smallest absolute Gasteiger partial charge is 0.251 e. The van der Waals surface area contributed by atoms with Crippen molar-refractivity contribution < 1.29 is 14.3 Å². The summed E-state index contributed by atoms with van der Waals surface area (Å²) in [5.74, 6) is 0.266. The Balaban J connectivity index is 1.55. The van der Waals surface area contributed by atoms with Gasteiger partial charge in [-0.05, 0) is 42.0 Å². The maximum absolute atomic E-state index is 12.2. The lowest BCUT2D eigenvalue weighted by Crippen LogP contribution is -2.22. The summed E-state index contributed by atoms with van der Waals surface area (Å²) in [5, 5.41) is 5.65. The molecule has 3 rings (SSSR count). The molecule has 0 heterocycles. The maximum Gasteiger partial charge on any atom is 0.251 e. The summed E-state index contributed by atoms with van der Waals surface area (Å²) in [5.41, 5.74) is 2.99. The number of benzene rings is 3. The van der Waals surface area contributed by atoms with Crippen molar-refractivity contribution in [1.82, 2.24) is 5.32 Å². The second kappa shape index (κ2) is 9.90. The van der Waals surface area contributed by atoms with Crippen LogP contribution in [-0.2, 0) is 11.3 Å². The molecule has 2 N–H and O–H groups in total. The molecule has 5 nitrogen and oxygen atoms in total. The molecule has 0 aliphatic heterocycles. The van der Waals surface area contributed by atoms with E-state index in [4.69, 9.17) is 4.74 Å². The third kappa shape index (κ3) is 5.81. The number of hydrogen-bond donors (Lipinski definition) is 2. The SMILES string of the molecule is COc1ccccc1/C=C/C(=O)Nc1ccc(C(=O)NCc2ccccc2)cc1. The molecular weight excluding hydrogens is 364 g/mol. The fourth-order valence-corrected chi connectivity index (χ4v) is 2.74. The number of nitrogens with one attached hydrogen (secondary N) is 2. The number of carbonyl (C=O) groups is 2. The van der Waals surface area contributed by atoms with Gasteiger partial charge < -0.3 is 15.4 Å². The molecule has 29 heavy (non-hydrogen) atoms. The van der Waals surface area contributed by atoms with Gasteiger partial charge in [0.1, 0.15) is 5.75 Å². The monoisotopic (exact) mass is 386 g/mol. The Morgan fingerprint density at radius 1 is 0.897 bits per heavy atom. The van der Waals surface area contributed by atoms with E-state index in [9.17, 15) is 9.59 Å². The summed E-state index contributed by atoms with van der Waals surface area (Å²) in [6.45, 7) is 0.464. The molecule has 146 valence electrons. The first-order valence-corrected chi connectivity index (χ1v) is 9.20. The van der Waals surface area contributed by atoms with E-state index < -0.39 is 0 Å². The molecule has 0 aromatic heterocycles. The fourth-order valence-electron chi connectivity index (χ4n) is 2.74. The molecule has 0 radical (unpaired) electrons. The van der Waals surface area contributed by atoms with Crippen molar-refractivity contribution >= 4 is 23.6 Å². The molecule has 0 aliphatic carbocycles. The van der Waals surface area contributed by atoms with Crippen molar-refractivity contribution in [2.45, 2.75) is 6.54 Å². The van der Waals surface area contributed by atoms with Crippen molar-refractivity contribution in [3.63, 3.8) is 0 Å². The van der Waals surface area contributed by atoms with Gasteiger partial charge in [0.05, 0.1) is 7.11 Å². The van der Waals surface area contributed by atoms with Crippen molar-refractivity contribution in [2.75, 3.05) is 12.4 Å². The zero-order valence-corrected chi connectivity index (χ0v) is 16.1. The van der Waals surface area contributed by atoms with Crippen LogP contribution in [-0.4, -0.2) is 18.9 Å². The molecule has 0 bridgehead atoms. The highest BCUT2D eigenvalue weighted by Gasteiger charge is 2.06. The minimum absolute atomic E-state index is 0.164. The molecule has 0 saturated heterocycles. The summed E-state index contributed by atoms with van der Waals surface area (Å²) in [6, 6.07) is 23.9. The van der Waals surface area contributed by atoms with Gasteiger partial charge in [-0.2, -0.15) is 0 Å². The van der Waals surface area contributed by atoms with Crippen LogP contribution in [0.1, 0.15) is 21.5 Å². The highest BCUT2D eigenvalue weighted by molar-refractivity contribution is 6.02. The van der Waals surface area contributed by atoms with Gasteiger partial charge in [0.25, 0.3) is 5.91 Å². The van der Waals surface area contributed by atoms with Gasteiger partial charge in [0, 0.05) is 29.4 Å². The number of para-hydroxylation sites is 1.